The van der Waals surface area contributed by atoms with E-state index in [1.54, 1.807) is 66.2 Å². The highest BCUT2D eigenvalue weighted by Gasteiger charge is 2.31. The molecule has 3 amide bonds. The molecule has 4 rings (SSSR count). The van der Waals surface area contributed by atoms with Gasteiger partial charge in [-0.05, 0) is 69.0 Å². The number of carbonyl (C=O) groups is 3. The van der Waals surface area contributed by atoms with E-state index in [9.17, 15) is 19.5 Å². The second-order valence-electron chi connectivity index (χ2n) is 12.3. The molecule has 0 aliphatic carbocycles. The Hall–Kier alpha value is -4.21. The van der Waals surface area contributed by atoms with E-state index in [-0.39, 0.29) is 49.0 Å². The number of hydrogen-bond acceptors (Lipinski definition) is 6. The molecule has 0 aromatic heterocycles. The van der Waals surface area contributed by atoms with E-state index < -0.39 is 6.04 Å². The predicted octanol–water partition coefficient (Wildman–Crippen LogP) is 5.44. The van der Waals surface area contributed by atoms with E-state index in [0.717, 1.165) is 24.8 Å². The summed E-state index contributed by atoms with van der Waals surface area (Å²) in [4.78, 5) is 43.7. The zero-order chi connectivity index (χ0) is 33.1. The number of aliphatic hydroxyl groups excluding tert-OH is 1. The molecular weight excluding hydrogens is 582 g/mol. The fourth-order valence-electron chi connectivity index (χ4n) is 5.53. The van der Waals surface area contributed by atoms with Crippen LogP contribution in [0.25, 0.3) is 0 Å². The Morgan fingerprint density at radius 2 is 1.72 bits per heavy atom. The lowest BCUT2D eigenvalue weighted by molar-refractivity contribution is -0.131. The highest BCUT2D eigenvalue weighted by atomic mass is 16.5. The van der Waals surface area contributed by atoms with Crippen LogP contribution in [0.5, 0.6) is 5.75 Å². The number of benzene rings is 3. The molecule has 9 heteroatoms. The van der Waals surface area contributed by atoms with Gasteiger partial charge in [0, 0.05) is 43.9 Å². The average Bonchev–Trinajstić information content (AvgIpc) is 3.06. The molecule has 246 valence electrons. The van der Waals surface area contributed by atoms with E-state index in [4.69, 9.17) is 9.47 Å². The van der Waals surface area contributed by atoms with Crippen LogP contribution in [0.3, 0.4) is 0 Å². The Morgan fingerprint density at radius 3 is 2.41 bits per heavy atom. The molecule has 1 aliphatic rings. The van der Waals surface area contributed by atoms with Gasteiger partial charge in [0.2, 0.25) is 5.91 Å². The second kappa shape index (κ2) is 16.9. The van der Waals surface area contributed by atoms with Crippen LogP contribution in [0.2, 0.25) is 0 Å². The molecule has 0 spiro atoms. The molecule has 1 heterocycles. The van der Waals surface area contributed by atoms with Crippen molar-refractivity contribution < 1.29 is 29.0 Å². The van der Waals surface area contributed by atoms with Crippen LogP contribution in [0.1, 0.15) is 66.3 Å². The maximum absolute atomic E-state index is 14.3. The Labute approximate surface area is 272 Å². The number of rotatable bonds is 8. The molecule has 0 saturated heterocycles. The number of amides is 3. The first-order valence-electron chi connectivity index (χ1n) is 16.1. The largest absolute Gasteiger partial charge is 0.490 e. The van der Waals surface area contributed by atoms with Gasteiger partial charge in [0.15, 0.2) is 0 Å². The molecule has 0 fully saturated rings. The van der Waals surface area contributed by atoms with E-state index in [1.165, 1.54) is 0 Å². The third-order valence-electron chi connectivity index (χ3n) is 8.42. The van der Waals surface area contributed by atoms with Gasteiger partial charge in [-0.3, -0.25) is 14.4 Å². The number of aliphatic hydroxyl groups is 1. The Balaban J connectivity index is 1.60. The Bertz CT molecular complexity index is 1430. The molecular formula is C37H47N3O6. The van der Waals surface area contributed by atoms with Gasteiger partial charge in [-0.25, -0.2) is 0 Å². The summed E-state index contributed by atoms with van der Waals surface area (Å²) in [6, 6.07) is 23.1. The summed E-state index contributed by atoms with van der Waals surface area (Å²) >= 11 is 0. The monoisotopic (exact) mass is 629 g/mol. The van der Waals surface area contributed by atoms with Crippen molar-refractivity contribution in [2.45, 2.75) is 64.7 Å². The summed E-state index contributed by atoms with van der Waals surface area (Å²) in [6.07, 6.45) is 2.25. The van der Waals surface area contributed by atoms with Crippen molar-refractivity contribution in [3.8, 4) is 5.75 Å². The van der Waals surface area contributed by atoms with Gasteiger partial charge < -0.3 is 29.7 Å². The summed E-state index contributed by atoms with van der Waals surface area (Å²) < 4.78 is 12.7. The Kier molecular flexibility index (Phi) is 12.7. The molecule has 1 aliphatic heterocycles. The van der Waals surface area contributed by atoms with Crippen LogP contribution in [0.4, 0.5) is 5.69 Å². The fraction of sp³-hybridized carbons (Fsp3) is 0.432. The predicted molar refractivity (Wildman–Crippen MR) is 179 cm³/mol. The highest BCUT2D eigenvalue weighted by molar-refractivity contribution is 6.05. The van der Waals surface area contributed by atoms with Gasteiger partial charge in [-0.1, -0.05) is 55.5 Å². The summed E-state index contributed by atoms with van der Waals surface area (Å²) in [6.45, 7) is 6.70. The Morgan fingerprint density at radius 1 is 1.02 bits per heavy atom. The molecule has 0 saturated carbocycles. The molecule has 2 N–H and O–H groups in total. The summed E-state index contributed by atoms with van der Waals surface area (Å²) in [5.41, 5.74) is 2.21. The van der Waals surface area contributed by atoms with Crippen molar-refractivity contribution in [3.05, 3.63) is 95.6 Å². The SMILES string of the molecule is C[C@@H]1CN([C@H](C)CO)C(=O)c2cc(NC(=O)c3ccccc3)ccc2O[C@@H](C)CCCCO[C@@H]1CN(C)C(=O)Cc1ccccc1. The number of ether oxygens (including phenoxy) is 2. The number of nitrogens with one attached hydrogen (secondary N) is 1. The zero-order valence-electron chi connectivity index (χ0n) is 27.4. The molecule has 9 nitrogen and oxygen atoms in total. The van der Waals surface area contributed by atoms with E-state index in [2.05, 4.69) is 5.32 Å². The first-order chi connectivity index (χ1) is 22.2. The number of hydrogen-bond donors (Lipinski definition) is 2. The standard InChI is InChI=1S/C37H47N3O6/c1-26-23-40(27(2)25-41)37(44)32-22-31(38-36(43)30-16-9-6-10-17-30)18-19-33(32)46-28(3)13-11-12-20-45-34(26)24-39(4)35(42)21-29-14-7-5-8-15-29/h5-10,14-19,22,26-28,34,41H,11-13,20-21,23-25H2,1-4H3,(H,38,43)/t26-,27-,28+,34-/m1/s1. The molecule has 3 aromatic rings. The molecule has 0 unspecified atom stereocenters. The minimum Gasteiger partial charge on any atom is -0.490 e. The lowest BCUT2D eigenvalue weighted by Gasteiger charge is -2.36. The van der Waals surface area contributed by atoms with Crippen LogP contribution in [0, 0.1) is 5.92 Å². The van der Waals surface area contributed by atoms with Crippen molar-refractivity contribution >= 4 is 23.4 Å². The highest BCUT2D eigenvalue weighted by Crippen LogP contribution is 2.29. The third-order valence-corrected chi connectivity index (χ3v) is 8.42. The zero-order valence-corrected chi connectivity index (χ0v) is 27.4. The maximum atomic E-state index is 14.3. The first kappa shape index (κ1) is 34.7. The van der Waals surface area contributed by atoms with Crippen LogP contribution in [-0.4, -0.2) is 84.2 Å². The van der Waals surface area contributed by atoms with Gasteiger partial charge in [-0.15, -0.1) is 0 Å². The van der Waals surface area contributed by atoms with Gasteiger partial charge in [0.05, 0.1) is 36.8 Å². The lowest BCUT2D eigenvalue weighted by atomic mass is 10.0. The quantitative estimate of drug-likeness (QED) is 0.344. The van der Waals surface area contributed by atoms with Crippen LogP contribution in [-0.2, 0) is 16.0 Å². The normalized spacial score (nSPS) is 20.1. The summed E-state index contributed by atoms with van der Waals surface area (Å²) in [5.74, 6) is -0.367. The molecule has 3 aromatic carbocycles. The molecule has 46 heavy (non-hydrogen) atoms. The number of nitrogens with zero attached hydrogens (tertiary/aromatic N) is 2. The molecule has 0 radical (unpaired) electrons. The minimum absolute atomic E-state index is 0.0111. The summed E-state index contributed by atoms with van der Waals surface area (Å²) in [5, 5.41) is 13.1. The smallest absolute Gasteiger partial charge is 0.258 e. The number of carbonyl (C=O) groups excluding carboxylic acids is 3. The number of likely N-dealkylation sites (N-methyl/N-ethyl adjacent to an activating group) is 1. The third kappa shape index (κ3) is 9.64. The van der Waals surface area contributed by atoms with Crippen molar-refractivity contribution in [3.63, 3.8) is 0 Å². The fourth-order valence-corrected chi connectivity index (χ4v) is 5.53. The lowest BCUT2D eigenvalue weighted by Crippen LogP contribution is -2.48. The van der Waals surface area contributed by atoms with Crippen molar-refractivity contribution in [2.75, 3.05) is 38.7 Å². The van der Waals surface area contributed by atoms with Crippen molar-refractivity contribution in [2.24, 2.45) is 5.92 Å². The topological polar surface area (TPSA) is 108 Å². The number of fused-ring (bicyclic) bond motifs is 1. The van der Waals surface area contributed by atoms with Crippen molar-refractivity contribution in [1.82, 2.24) is 9.80 Å². The van der Waals surface area contributed by atoms with E-state index >= 15 is 0 Å². The van der Waals surface area contributed by atoms with Gasteiger partial charge in [0.1, 0.15) is 5.75 Å². The van der Waals surface area contributed by atoms with Gasteiger partial charge in [0.25, 0.3) is 11.8 Å². The second-order valence-corrected chi connectivity index (χ2v) is 12.3. The van der Waals surface area contributed by atoms with Crippen molar-refractivity contribution in [1.29, 1.82) is 0 Å². The maximum Gasteiger partial charge on any atom is 0.258 e. The average molecular weight is 630 g/mol. The van der Waals surface area contributed by atoms with Gasteiger partial charge >= 0.3 is 0 Å². The van der Waals surface area contributed by atoms with Crippen LogP contribution >= 0.6 is 0 Å². The van der Waals surface area contributed by atoms with E-state index in [1.807, 2.05) is 50.2 Å². The van der Waals surface area contributed by atoms with Crippen LogP contribution in [0.15, 0.2) is 78.9 Å². The molecule has 0 bridgehead atoms. The summed E-state index contributed by atoms with van der Waals surface area (Å²) in [7, 11) is 1.78. The van der Waals surface area contributed by atoms with E-state index in [0.29, 0.717) is 42.1 Å². The number of anilines is 1. The van der Waals surface area contributed by atoms with Gasteiger partial charge in [-0.2, -0.15) is 0 Å². The first-order valence-corrected chi connectivity index (χ1v) is 16.1. The van der Waals surface area contributed by atoms with Crippen LogP contribution < -0.4 is 10.1 Å². The molecule has 4 atom stereocenters. The minimum atomic E-state index is -0.506.